The van der Waals surface area contributed by atoms with Gasteiger partial charge in [0.2, 0.25) is 5.54 Å². The standard InChI is InChI=1S/C13H22N4O/c1-2-16-12(18)14-17(15-16)13-6-9-3-10(7-13)5-11(4-9)8-13/h9-12H,2-8H2,1H3,(H,14,15). The third-order valence-electron chi connectivity index (χ3n) is 5.50. The highest BCUT2D eigenvalue weighted by Gasteiger charge is 2.60. The van der Waals surface area contributed by atoms with E-state index in [4.69, 9.17) is 0 Å². The number of hydrogen-bond acceptors (Lipinski definition) is 4. The molecule has 0 saturated heterocycles. The molecule has 4 fully saturated rings. The van der Waals surface area contributed by atoms with Gasteiger partial charge in [-0.25, -0.2) is 0 Å². The van der Waals surface area contributed by atoms with E-state index in [1.807, 2.05) is 11.7 Å². The zero-order chi connectivity index (χ0) is 12.3. The van der Waals surface area contributed by atoms with Crippen LogP contribution in [0, 0.1) is 17.8 Å². The van der Waals surface area contributed by atoms with Crippen LogP contribution in [0.25, 0.3) is 0 Å². The lowest BCUT2D eigenvalue weighted by atomic mass is 9.53. The molecular weight excluding hydrogens is 228 g/mol. The van der Waals surface area contributed by atoms with Gasteiger partial charge in [-0.3, -0.25) is 0 Å². The van der Waals surface area contributed by atoms with Crippen LogP contribution in [0.3, 0.4) is 0 Å². The number of nitrogens with one attached hydrogen (secondary N) is 1. The van der Waals surface area contributed by atoms with Gasteiger partial charge in [-0.05, 0) is 42.1 Å². The fourth-order valence-corrected chi connectivity index (χ4v) is 5.14. The molecule has 1 N–H and O–H groups in total. The van der Waals surface area contributed by atoms with Crippen LogP contribution in [-0.2, 0) is 0 Å². The maximum Gasteiger partial charge on any atom is 0.220 e. The number of rotatable bonds is 2. The van der Waals surface area contributed by atoms with Crippen molar-refractivity contribution in [2.45, 2.75) is 57.3 Å². The molecule has 0 radical (unpaired) electrons. The van der Waals surface area contributed by atoms with E-state index in [1.165, 1.54) is 38.5 Å². The fraction of sp³-hybridized carbons (Fsp3) is 1.00. The van der Waals surface area contributed by atoms with E-state index in [-0.39, 0.29) is 5.54 Å². The molecule has 5 heteroatoms. The predicted octanol–water partition coefficient (Wildman–Crippen LogP) is 0.819. The number of hydrogen-bond donors (Lipinski definition) is 1. The monoisotopic (exact) mass is 250 g/mol. The molecule has 0 aromatic carbocycles. The van der Waals surface area contributed by atoms with Crippen LogP contribution in [0.4, 0.5) is 0 Å². The van der Waals surface area contributed by atoms with Crippen molar-refractivity contribution in [3.05, 3.63) is 0 Å². The molecule has 1 heterocycles. The van der Waals surface area contributed by atoms with E-state index in [0.717, 1.165) is 17.8 Å². The van der Waals surface area contributed by atoms with Gasteiger partial charge in [0, 0.05) is 30.6 Å². The number of hydrazine groups is 2. The molecule has 0 aromatic heterocycles. The third-order valence-corrected chi connectivity index (χ3v) is 5.50. The van der Waals surface area contributed by atoms with Crippen LogP contribution in [0.15, 0.2) is 5.11 Å². The number of nitrogens with zero attached hydrogens (tertiary/aromatic N) is 3. The minimum atomic E-state index is -0.956. The molecule has 100 valence electrons. The van der Waals surface area contributed by atoms with Crippen LogP contribution < -0.4 is 10.6 Å². The van der Waals surface area contributed by atoms with Crippen LogP contribution in [0.2, 0.25) is 0 Å². The summed E-state index contributed by atoms with van der Waals surface area (Å²) in [5.41, 5.74) is 3.39. The van der Waals surface area contributed by atoms with E-state index in [2.05, 4.69) is 10.6 Å². The molecule has 4 aliphatic carbocycles. The van der Waals surface area contributed by atoms with Crippen LogP contribution in [-0.4, -0.2) is 28.3 Å². The molecule has 5 rings (SSSR count). The molecule has 5 nitrogen and oxygen atoms in total. The first-order chi connectivity index (χ1) is 8.68. The van der Waals surface area contributed by atoms with E-state index >= 15 is 0 Å². The second-order valence-corrected chi connectivity index (χ2v) is 6.78. The summed E-state index contributed by atoms with van der Waals surface area (Å²) in [4.78, 5) is 1.96. The van der Waals surface area contributed by atoms with Crippen molar-refractivity contribution in [3.63, 3.8) is 0 Å². The van der Waals surface area contributed by atoms with Gasteiger partial charge in [0.05, 0.1) is 0 Å². The predicted molar refractivity (Wildman–Crippen MR) is 62.9 cm³/mol. The summed E-state index contributed by atoms with van der Waals surface area (Å²) in [6.07, 6.45) is 7.02. The Balaban J connectivity index is 1.63. The van der Waals surface area contributed by atoms with E-state index in [1.54, 1.807) is 5.01 Å². The van der Waals surface area contributed by atoms with Crippen molar-refractivity contribution in [3.8, 4) is 0 Å². The molecule has 4 bridgehead atoms. The smallest absolute Gasteiger partial charge is 0.220 e. The quantitative estimate of drug-likeness (QED) is 0.738. The summed E-state index contributed by atoms with van der Waals surface area (Å²) in [5.74, 6) is 2.65. The van der Waals surface area contributed by atoms with Gasteiger partial charge in [-0.1, -0.05) is 12.5 Å². The van der Waals surface area contributed by atoms with E-state index in [0.29, 0.717) is 6.54 Å². The first kappa shape index (κ1) is 11.2. The van der Waals surface area contributed by atoms with Crippen molar-refractivity contribution < 1.29 is 9.91 Å². The van der Waals surface area contributed by atoms with Crippen molar-refractivity contribution in [2.24, 2.45) is 22.9 Å². The normalized spacial score (nSPS) is 50.4. The Morgan fingerprint density at radius 3 is 2.22 bits per heavy atom. The summed E-state index contributed by atoms with van der Waals surface area (Å²) in [6.45, 7) is 2.71. The molecule has 0 aromatic rings. The first-order valence-corrected chi connectivity index (χ1v) is 7.38. The van der Waals surface area contributed by atoms with Gasteiger partial charge < -0.3 is 5.11 Å². The first-order valence-electron chi connectivity index (χ1n) is 7.38. The minimum Gasteiger partial charge on any atom is -0.817 e. The SMILES string of the molecule is CCN1N[N+](C23CC4CC(CC(C4)C2)C3)=NC1[O-]. The number of azo groups is 1. The molecule has 18 heavy (non-hydrogen) atoms. The second kappa shape index (κ2) is 3.67. The van der Waals surface area contributed by atoms with Gasteiger partial charge in [0.25, 0.3) is 0 Å². The summed E-state index contributed by atoms with van der Waals surface area (Å²) in [6, 6.07) is 0. The zero-order valence-corrected chi connectivity index (χ0v) is 11.0. The van der Waals surface area contributed by atoms with Crippen molar-refractivity contribution in [1.29, 1.82) is 0 Å². The summed E-state index contributed by atoms with van der Waals surface area (Å²) >= 11 is 0. The van der Waals surface area contributed by atoms with Crippen LogP contribution >= 0.6 is 0 Å². The lowest BCUT2D eigenvalue weighted by molar-refractivity contribution is -0.729. The third kappa shape index (κ3) is 1.46. The maximum absolute atomic E-state index is 11.8. The largest absolute Gasteiger partial charge is 0.817 e. The summed E-state index contributed by atoms with van der Waals surface area (Å²) < 4.78 is 0. The van der Waals surface area contributed by atoms with Gasteiger partial charge in [0.15, 0.2) is 0 Å². The van der Waals surface area contributed by atoms with Gasteiger partial charge >= 0.3 is 0 Å². The Hall–Kier alpha value is -0.680. The topological polar surface area (TPSA) is 53.7 Å². The molecule has 0 spiro atoms. The Morgan fingerprint density at radius 2 is 1.78 bits per heavy atom. The maximum atomic E-state index is 11.8. The minimum absolute atomic E-state index is 0.154. The highest BCUT2D eigenvalue weighted by molar-refractivity contribution is 5.02. The Morgan fingerprint density at radius 1 is 1.22 bits per heavy atom. The molecule has 1 atom stereocenters. The molecule has 5 aliphatic rings. The Labute approximate surface area is 108 Å². The molecular formula is C13H22N4O. The average Bonchev–Trinajstić information content (AvgIpc) is 2.69. The zero-order valence-electron chi connectivity index (χ0n) is 11.0. The van der Waals surface area contributed by atoms with Gasteiger partial charge in [0.1, 0.15) is 6.35 Å². The van der Waals surface area contributed by atoms with Crippen molar-refractivity contribution in [2.75, 3.05) is 6.54 Å². The van der Waals surface area contributed by atoms with Crippen LogP contribution in [0.5, 0.6) is 0 Å². The van der Waals surface area contributed by atoms with Gasteiger partial charge in [-0.2, -0.15) is 5.01 Å². The van der Waals surface area contributed by atoms with E-state index in [9.17, 15) is 5.11 Å². The fourth-order valence-electron chi connectivity index (χ4n) is 5.14. The van der Waals surface area contributed by atoms with Gasteiger partial charge in [-0.15, -0.1) is 0 Å². The second-order valence-electron chi connectivity index (χ2n) is 6.78. The van der Waals surface area contributed by atoms with E-state index < -0.39 is 6.35 Å². The Kier molecular flexibility index (Phi) is 2.28. The highest BCUT2D eigenvalue weighted by Crippen LogP contribution is 2.57. The van der Waals surface area contributed by atoms with Crippen molar-refractivity contribution >= 4 is 0 Å². The molecule has 4 saturated carbocycles. The lowest BCUT2D eigenvalue weighted by Crippen LogP contribution is -2.60. The highest BCUT2D eigenvalue weighted by atomic mass is 16.3. The lowest BCUT2D eigenvalue weighted by Gasteiger charge is -2.51. The van der Waals surface area contributed by atoms with Crippen molar-refractivity contribution in [1.82, 2.24) is 10.5 Å². The average molecular weight is 250 g/mol. The molecule has 1 aliphatic heterocycles. The summed E-state index contributed by atoms with van der Waals surface area (Å²) in [7, 11) is 0. The van der Waals surface area contributed by atoms with Crippen LogP contribution in [0.1, 0.15) is 45.4 Å². The Bertz CT molecular complexity index is 359. The molecule has 1 unspecified atom stereocenters. The summed E-state index contributed by atoms with van der Waals surface area (Å²) in [5, 5.41) is 17.9. The molecule has 0 amide bonds.